The van der Waals surface area contributed by atoms with Gasteiger partial charge < -0.3 is 29.9 Å². The molecule has 1 saturated carbocycles. The van der Waals surface area contributed by atoms with Crippen LogP contribution in [0.2, 0.25) is 0 Å². The van der Waals surface area contributed by atoms with Crippen LogP contribution in [0.5, 0.6) is 11.5 Å². The van der Waals surface area contributed by atoms with Crippen LogP contribution in [-0.2, 0) is 20.9 Å². The normalized spacial score (nSPS) is 17.6. The van der Waals surface area contributed by atoms with E-state index in [1.165, 1.54) is 4.90 Å². The monoisotopic (exact) mass is 466 g/mol. The molecule has 0 spiro atoms. The molecule has 1 aliphatic carbocycles. The summed E-state index contributed by atoms with van der Waals surface area (Å²) in [6.07, 6.45) is 1.93. The molecule has 0 saturated heterocycles. The lowest BCUT2D eigenvalue weighted by atomic mass is 9.97. The number of nitrogens with one attached hydrogen (secondary N) is 1. The summed E-state index contributed by atoms with van der Waals surface area (Å²) in [5.74, 6) is -1.75. The number of carbonyl (C=O) groups excluding carboxylic acids is 2. The third kappa shape index (κ3) is 4.98. The average Bonchev–Trinajstić information content (AvgIpc) is 3.63. The van der Waals surface area contributed by atoms with Gasteiger partial charge in [0.1, 0.15) is 11.5 Å². The van der Waals surface area contributed by atoms with E-state index in [9.17, 15) is 19.5 Å². The predicted octanol–water partition coefficient (Wildman–Crippen LogP) is 2.58. The van der Waals surface area contributed by atoms with Gasteiger partial charge in [0.25, 0.3) is 11.8 Å². The Labute approximate surface area is 196 Å². The van der Waals surface area contributed by atoms with Crippen LogP contribution >= 0.6 is 0 Å². The van der Waals surface area contributed by atoms with Crippen LogP contribution in [0.15, 0.2) is 59.9 Å². The van der Waals surface area contributed by atoms with Gasteiger partial charge in [0.15, 0.2) is 12.4 Å². The molecule has 1 unspecified atom stereocenters. The van der Waals surface area contributed by atoms with Gasteiger partial charge in [-0.25, -0.2) is 4.79 Å². The van der Waals surface area contributed by atoms with Crippen LogP contribution < -0.4 is 14.8 Å². The van der Waals surface area contributed by atoms with Gasteiger partial charge in [0.2, 0.25) is 0 Å². The highest BCUT2D eigenvalue weighted by Gasteiger charge is 2.46. The van der Waals surface area contributed by atoms with Crippen molar-refractivity contribution in [3.8, 4) is 11.5 Å². The molecule has 9 nitrogen and oxygen atoms in total. The van der Waals surface area contributed by atoms with Crippen molar-refractivity contribution in [3.05, 3.63) is 71.0 Å². The van der Waals surface area contributed by atoms with Crippen molar-refractivity contribution >= 4 is 17.8 Å². The number of aliphatic hydroxyl groups excluding tert-OH is 1. The van der Waals surface area contributed by atoms with Crippen molar-refractivity contribution in [3.63, 3.8) is 0 Å². The fourth-order valence-electron chi connectivity index (χ4n) is 3.97. The highest BCUT2D eigenvalue weighted by molar-refractivity contribution is 6.08. The zero-order valence-corrected chi connectivity index (χ0v) is 18.7. The largest absolute Gasteiger partial charge is 0.503 e. The van der Waals surface area contributed by atoms with Gasteiger partial charge in [-0.1, -0.05) is 30.3 Å². The van der Waals surface area contributed by atoms with Gasteiger partial charge >= 0.3 is 5.97 Å². The summed E-state index contributed by atoms with van der Waals surface area (Å²) in [6, 6.07) is 12.9. The first-order valence-corrected chi connectivity index (χ1v) is 11.0. The molecular weight excluding hydrogens is 440 g/mol. The van der Waals surface area contributed by atoms with Crippen molar-refractivity contribution in [2.75, 3.05) is 20.3 Å². The number of aliphatic carboxylic acids is 1. The second-order valence-electron chi connectivity index (χ2n) is 8.32. The van der Waals surface area contributed by atoms with Crippen LogP contribution in [-0.4, -0.2) is 53.2 Å². The number of para-hydroxylation sites is 1. The molecule has 4 rings (SSSR count). The van der Waals surface area contributed by atoms with Gasteiger partial charge in [-0.05, 0) is 42.5 Å². The summed E-state index contributed by atoms with van der Waals surface area (Å²) >= 11 is 0. The maximum Gasteiger partial charge on any atom is 0.341 e. The van der Waals surface area contributed by atoms with Gasteiger partial charge in [-0.2, -0.15) is 0 Å². The number of aliphatic hydroxyl groups is 1. The number of rotatable bonds is 10. The minimum atomic E-state index is -1.15. The number of amides is 2. The van der Waals surface area contributed by atoms with E-state index in [1.54, 1.807) is 55.6 Å². The summed E-state index contributed by atoms with van der Waals surface area (Å²) in [5.41, 5.74) is 1.18. The summed E-state index contributed by atoms with van der Waals surface area (Å²) < 4.78 is 10.6. The number of carbonyl (C=O) groups is 3. The number of carboxylic acid groups (broad SMARTS) is 1. The minimum absolute atomic E-state index is 0.0782. The van der Waals surface area contributed by atoms with E-state index < -0.39 is 36.2 Å². The lowest BCUT2D eigenvalue weighted by Crippen LogP contribution is -2.35. The molecule has 2 aromatic carbocycles. The quantitative estimate of drug-likeness (QED) is 0.491. The molecule has 0 radical (unpaired) electrons. The van der Waals surface area contributed by atoms with Gasteiger partial charge in [0, 0.05) is 18.7 Å². The molecule has 1 aliphatic heterocycles. The number of ether oxygens (including phenoxy) is 2. The molecule has 34 heavy (non-hydrogen) atoms. The Morgan fingerprint density at radius 2 is 1.82 bits per heavy atom. The first-order chi connectivity index (χ1) is 16.4. The average molecular weight is 466 g/mol. The maximum absolute atomic E-state index is 13.2. The highest BCUT2D eigenvalue weighted by atomic mass is 16.5. The van der Waals surface area contributed by atoms with Gasteiger partial charge in [0.05, 0.1) is 18.7 Å². The summed E-state index contributed by atoms with van der Waals surface area (Å²) in [4.78, 5) is 38.7. The van der Waals surface area contributed by atoms with Crippen LogP contribution in [0, 0.1) is 5.92 Å². The van der Waals surface area contributed by atoms with Crippen molar-refractivity contribution in [1.29, 1.82) is 0 Å². The number of benzene rings is 2. The zero-order chi connectivity index (χ0) is 24.2. The van der Waals surface area contributed by atoms with Crippen molar-refractivity contribution in [2.24, 2.45) is 5.92 Å². The summed E-state index contributed by atoms with van der Waals surface area (Å²) in [5, 5.41) is 22.5. The molecule has 2 amide bonds. The Bertz CT molecular complexity index is 1120. The smallest absolute Gasteiger partial charge is 0.341 e. The lowest BCUT2D eigenvalue weighted by molar-refractivity contribution is -0.139. The lowest BCUT2D eigenvalue weighted by Gasteiger charge is -2.28. The third-order valence-electron chi connectivity index (χ3n) is 5.88. The van der Waals surface area contributed by atoms with Crippen molar-refractivity contribution in [2.45, 2.75) is 25.4 Å². The molecule has 0 bridgehead atoms. The second kappa shape index (κ2) is 9.86. The van der Waals surface area contributed by atoms with E-state index >= 15 is 0 Å². The number of nitrogens with zero attached hydrogens (tertiary/aromatic N) is 1. The molecule has 2 aliphatic rings. The number of hydrogen-bond donors (Lipinski definition) is 3. The SMILES string of the molecule is COc1ccc(CNC(=O)C2=C(O)C(=O)N(CC3CC3)C2c2ccccc2OCC(=O)O)cc1. The first-order valence-electron chi connectivity index (χ1n) is 11.0. The zero-order valence-electron chi connectivity index (χ0n) is 18.7. The topological polar surface area (TPSA) is 125 Å². The number of methoxy groups -OCH3 is 1. The Balaban J connectivity index is 1.63. The molecule has 1 fully saturated rings. The van der Waals surface area contributed by atoms with Crippen molar-refractivity contribution < 1.29 is 34.1 Å². The molecule has 9 heteroatoms. The maximum atomic E-state index is 13.2. The molecule has 1 heterocycles. The second-order valence-corrected chi connectivity index (χ2v) is 8.32. The van der Waals surface area contributed by atoms with Crippen molar-refractivity contribution in [1.82, 2.24) is 10.2 Å². The molecule has 0 aromatic heterocycles. The fourth-order valence-corrected chi connectivity index (χ4v) is 3.97. The molecule has 1 atom stereocenters. The molecule has 178 valence electrons. The highest BCUT2D eigenvalue weighted by Crippen LogP contribution is 2.43. The third-order valence-corrected chi connectivity index (χ3v) is 5.88. The Morgan fingerprint density at radius 3 is 2.47 bits per heavy atom. The Hall–Kier alpha value is -4.01. The molecular formula is C25H26N2O7. The minimum Gasteiger partial charge on any atom is -0.503 e. The van der Waals surface area contributed by atoms with Crippen LogP contribution in [0.3, 0.4) is 0 Å². The van der Waals surface area contributed by atoms with E-state index in [-0.39, 0.29) is 17.9 Å². The fraction of sp³-hybridized carbons (Fsp3) is 0.320. The Morgan fingerprint density at radius 1 is 1.12 bits per heavy atom. The van der Waals surface area contributed by atoms with E-state index in [2.05, 4.69) is 5.32 Å². The van der Waals surface area contributed by atoms with E-state index in [0.717, 1.165) is 18.4 Å². The summed E-state index contributed by atoms with van der Waals surface area (Å²) in [7, 11) is 1.56. The van der Waals surface area contributed by atoms with Gasteiger partial charge in [-0.15, -0.1) is 0 Å². The van der Waals surface area contributed by atoms with E-state index in [1.807, 2.05) is 0 Å². The molecule has 3 N–H and O–H groups in total. The molecule has 2 aromatic rings. The first kappa shape index (κ1) is 23.2. The number of carboxylic acids is 1. The van der Waals surface area contributed by atoms with E-state index in [0.29, 0.717) is 23.8 Å². The van der Waals surface area contributed by atoms with E-state index in [4.69, 9.17) is 14.6 Å². The summed E-state index contributed by atoms with van der Waals surface area (Å²) in [6.45, 7) is -0.00854. The van der Waals surface area contributed by atoms with Crippen LogP contribution in [0.25, 0.3) is 0 Å². The number of hydrogen-bond acceptors (Lipinski definition) is 6. The Kier molecular flexibility index (Phi) is 6.72. The van der Waals surface area contributed by atoms with Crippen LogP contribution in [0.4, 0.5) is 0 Å². The predicted molar refractivity (Wildman–Crippen MR) is 121 cm³/mol. The van der Waals surface area contributed by atoms with Crippen LogP contribution in [0.1, 0.15) is 30.0 Å². The standard InChI is InChI=1S/C25H26N2O7/c1-33-17-10-8-15(9-11-17)12-26-24(31)21-22(27(13-16-6-7-16)25(32)23(21)30)18-4-2-3-5-19(18)34-14-20(28)29/h2-5,8-11,16,22,30H,6-7,12-14H2,1H3,(H,26,31)(H,28,29). The van der Waals surface area contributed by atoms with Gasteiger partial charge in [-0.3, -0.25) is 9.59 Å².